The average Bonchev–Trinajstić information content (AvgIpc) is 2.48. The molecule has 1 aliphatic rings. The van der Waals surface area contributed by atoms with Gasteiger partial charge in [0.1, 0.15) is 12.2 Å². The lowest BCUT2D eigenvalue weighted by molar-refractivity contribution is -0.146. The number of Topliss-reactive ketones (excluding diaryl/α,β-unsaturated/α-hetero) is 1. The molecule has 9 heteroatoms. The third-order valence-electron chi connectivity index (χ3n) is 4.31. The molecule has 0 spiro atoms. The molecule has 6 N–H and O–H groups in total. The fraction of sp³-hybridized carbons (Fsp3) is 0.875. The number of hydrogen-bond donors (Lipinski definition) is 2. The monoisotopic (exact) mass is 382 g/mol. The topological polar surface area (TPSA) is 161 Å². The van der Waals surface area contributed by atoms with Gasteiger partial charge in [0.15, 0.2) is 9.84 Å². The molecule has 0 unspecified atom stereocenters. The molecule has 0 heterocycles. The van der Waals surface area contributed by atoms with Gasteiger partial charge in [0.25, 0.3) is 0 Å². The first-order valence-corrected chi connectivity index (χ1v) is 9.96. The molecule has 0 radical (unpaired) electrons. The van der Waals surface area contributed by atoms with Crippen molar-refractivity contribution in [3.05, 3.63) is 0 Å². The summed E-state index contributed by atoms with van der Waals surface area (Å²) in [6.07, 6.45) is 2.64. The van der Waals surface area contributed by atoms with Crippen LogP contribution in [0.25, 0.3) is 0 Å². The largest absolute Gasteiger partial charge is 0.466 e. The number of rotatable bonds is 6. The molecule has 0 aromatic heterocycles. The van der Waals surface area contributed by atoms with Gasteiger partial charge in [-0.05, 0) is 59.3 Å². The second-order valence-corrected chi connectivity index (χ2v) is 9.85. The van der Waals surface area contributed by atoms with Gasteiger partial charge in [-0.3, -0.25) is 21.3 Å². The summed E-state index contributed by atoms with van der Waals surface area (Å²) in [7, 11) is -3.12. The maximum atomic E-state index is 12.2. The summed E-state index contributed by atoms with van der Waals surface area (Å²) in [5.41, 5.74) is 0. The first-order chi connectivity index (χ1) is 11.1. The number of esters is 1. The zero-order valence-corrected chi connectivity index (χ0v) is 16.5. The van der Waals surface area contributed by atoms with Crippen molar-refractivity contribution in [2.75, 3.05) is 12.4 Å². The molecule has 1 aliphatic carbocycles. The molecular weight excluding hydrogens is 348 g/mol. The molecule has 0 amide bonds. The Kier molecular flexibility index (Phi) is 12.1. The Balaban J connectivity index is 0. The van der Waals surface area contributed by atoms with Crippen LogP contribution in [0.3, 0.4) is 0 Å². The van der Waals surface area contributed by atoms with E-state index in [0.29, 0.717) is 12.8 Å². The molecule has 0 saturated heterocycles. The van der Waals surface area contributed by atoms with Crippen molar-refractivity contribution in [1.29, 1.82) is 0 Å². The lowest BCUT2D eigenvalue weighted by Crippen LogP contribution is -2.35. The van der Waals surface area contributed by atoms with Crippen molar-refractivity contribution in [2.24, 2.45) is 23.5 Å². The van der Waals surface area contributed by atoms with E-state index in [2.05, 4.69) is 11.7 Å². The Labute approximate surface area is 150 Å². The van der Waals surface area contributed by atoms with Crippen LogP contribution < -0.4 is 11.7 Å². The van der Waals surface area contributed by atoms with E-state index in [-0.39, 0.29) is 41.9 Å². The van der Waals surface area contributed by atoms with E-state index < -0.39 is 20.6 Å². The fourth-order valence-electron chi connectivity index (χ4n) is 2.71. The molecule has 0 atom stereocenters. The lowest BCUT2D eigenvalue weighted by Gasteiger charge is -2.29. The van der Waals surface area contributed by atoms with E-state index in [4.69, 9.17) is 4.74 Å². The van der Waals surface area contributed by atoms with Gasteiger partial charge in [0.2, 0.25) is 0 Å². The number of sulfone groups is 1. The average molecular weight is 383 g/mol. The van der Waals surface area contributed by atoms with Gasteiger partial charge in [-0.1, -0.05) is 0 Å². The molecule has 0 aromatic carbocycles. The maximum Gasteiger partial charge on any atom is 0.313 e. The Morgan fingerprint density at radius 3 is 1.96 bits per heavy atom. The molecule has 0 aromatic rings. The van der Waals surface area contributed by atoms with Crippen LogP contribution in [0.2, 0.25) is 0 Å². The van der Waals surface area contributed by atoms with Crippen molar-refractivity contribution in [1.82, 2.24) is 0 Å². The van der Waals surface area contributed by atoms with Crippen molar-refractivity contribution >= 4 is 21.6 Å². The molecule has 25 heavy (non-hydrogen) atoms. The van der Waals surface area contributed by atoms with E-state index >= 15 is 0 Å². The zero-order chi connectivity index (χ0) is 19.0. The second kappa shape index (κ2) is 11.6. The SMILES string of the molecule is CCOC(=O)CC(=O)C1CCC(CS(=O)(=O)C(C)(C)C)CC1.NN.O. The number of ketones is 1. The quantitative estimate of drug-likeness (QED) is 0.293. The minimum absolute atomic E-state index is 0. The van der Waals surface area contributed by atoms with E-state index in [1.807, 2.05) is 0 Å². The number of carbonyl (C=O) groups is 2. The number of nitrogens with two attached hydrogens (primary N) is 2. The highest BCUT2D eigenvalue weighted by Crippen LogP contribution is 2.32. The number of carbonyl (C=O) groups excluding carboxylic acids is 2. The molecule has 1 fully saturated rings. The predicted octanol–water partition coefficient (Wildman–Crippen LogP) is 0.523. The summed E-state index contributed by atoms with van der Waals surface area (Å²) in [6, 6.07) is 0. The second-order valence-electron chi connectivity index (χ2n) is 7.06. The van der Waals surface area contributed by atoms with Crippen LogP contribution in [0.4, 0.5) is 0 Å². The molecule has 1 saturated carbocycles. The molecule has 150 valence electrons. The van der Waals surface area contributed by atoms with Crippen LogP contribution in [0.5, 0.6) is 0 Å². The third kappa shape index (κ3) is 8.75. The van der Waals surface area contributed by atoms with Gasteiger partial charge < -0.3 is 10.2 Å². The lowest BCUT2D eigenvalue weighted by atomic mass is 9.80. The predicted molar refractivity (Wildman–Crippen MR) is 97.2 cm³/mol. The minimum atomic E-state index is -3.12. The Hall–Kier alpha value is -1.03. The molecular formula is C16H34N2O6S. The number of hydrazine groups is 1. The van der Waals surface area contributed by atoms with E-state index in [1.165, 1.54) is 0 Å². The molecule has 0 bridgehead atoms. The van der Waals surface area contributed by atoms with E-state index in [0.717, 1.165) is 12.8 Å². The highest BCUT2D eigenvalue weighted by Gasteiger charge is 2.34. The van der Waals surface area contributed by atoms with Crippen molar-refractivity contribution < 1.29 is 28.2 Å². The van der Waals surface area contributed by atoms with Crippen molar-refractivity contribution in [3.63, 3.8) is 0 Å². The van der Waals surface area contributed by atoms with Gasteiger partial charge in [-0.25, -0.2) is 8.42 Å². The molecule has 8 nitrogen and oxygen atoms in total. The van der Waals surface area contributed by atoms with Crippen LogP contribution in [0.1, 0.15) is 59.8 Å². The number of hydrogen-bond acceptors (Lipinski definition) is 7. The summed E-state index contributed by atoms with van der Waals surface area (Å²) in [5.74, 6) is 7.64. The molecule has 0 aliphatic heterocycles. The standard InChI is InChI=1S/C16H28O5S.H4N2.H2O/c1-5-21-15(18)10-14(17)13-8-6-12(7-9-13)11-22(19,20)16(2,3)4;1-2;/h12-13H,5-11H2,1-4H3;1-2H2;1H2. The highest BCUT2D eigenvalue weighted by molar-refractivity contribution is 7.92. The van der Waals surface area contributed by atoms with Crippen LogP contribution >= 0.6 is 0 Å². The zero-order valence-electron chi connectivity index (χ0n) is 15.7. The van der Waals surface area contributed by atoms with Crippen LogP contribution in [-0.4, -0.2) is 42.8 Å². The van der Waals surface area contributed by atoms with E-state index in [9.17, 15) is 18.0 Å². The Morgan fingerprint density at radius 1 is 1.08 bits per heavy atom. The number of ether oxygens (including phenoxy) is 1. The van der Waals surface area contributed by atoms with Gasteiger partial charge >= 0.3 is 5.97 Å². The van der Waals surface area contributed by atoms with Crippen LogP contribution in [0.15, 0.2) is 0 Å². The van der Waals surface area contributed by atoms with E-state index in [1.54, 1.807) is 27.7 Å². The first-order valence-electron chi connectivity index (χ1n) is 8.30. The third-order valence-corrected chi connectivity index (χ3v) is 7.09. The summed E-state index contributed by atoms with van der Waals surface area (Å²) < 4.78 is 28.5. The first kappa shape index (κ1) is 26.2. The molecule has 1 rings (SSSR count). The van der Waals surface area contributed by atoms with Gasteiger partial charge in [-0.15, -0.1) is 0 Å². The van der Waals surface area contributed by atoms with Crippen LogP contribution in [-0.2, 0) is 24.2 Å². The Morgan fingerprint density at radius 2 is 1.56 bits per heavy atom. The fourth-order valence-corrected chi connectivity index (χ4v) is 4.16. The van der Waals surface area contributed by atoms with Gasteiger partial charge in [-0.2, -0.15) is 0 Å². The summed E-state index contributed by atoms with van der Waals surface area (Å²) in [5, 5.41) is 0. The van der Waals surface area contributed by atoms with Crippen molar-refractivity contribution in [2.45, 2.75) is 64.5 Å². The highest BCUT2D eigenvalue weighted by atomic mass is 32.2. The maximum absolute atomic E-state index is 12.2. The smallest absolute Gasteiger partial charge is 0.313 e. The summed E-state index contributed by atoms with van der Waals surface area (Å²) in [6.45, 7) is 7.15. The summed E-state index contributed by atoms with van der Waals surface area (Å²) >= 11 is 0. The Bertz CT molecular complexity index is 505. The van der Waals surface area contributed by atoms with Crippen molar-refractivity contribution in [3.8, 4) is 0 Å². The van der Waals surface area contributed by atoms with Gasteiger partial charge in [0, 0.05) is 5.92 Å². The van der Waals surface area contributed by atoms with Gasteiger partial charge in [0.05, 0.1) is 17.1 Å². The minimum Gasteiger partial charge on any atom is -0.466 e. The van der Waals surface area contributed by atoms with Crippen LogP contribution in [0, 0.1) is 11.8 Å². The normalized spacial score (nSPS) is 20.6. The summed E-state index contributed by atoms with van der Waals surface area (Å²) in [4.78, 5) is 23.4.